The highest BCUT2D eigenvalue weighted by atomic mass is 16.7. The van der Waals surface area contributed by atoms with Crippen LogP contribution in [-0.4, -0.2) is 197 Å². The first kappa shape index (κ1) is 63.8. The minimum atomic E-state index is -2.34. The summed E-state index contributed by atoms with van der Waals surface area (Å²) in [5.41, 5.74) is 11.6. The second kappa shape index (κ2) is 32.8. The predicted molar refractivity (Wildman–Crippen MR) is 272 cm³/mol. The van der Waals surface area contributed by atoms with Crippen LogP contribution in [0.2, 0.25) is 0 Å². The number of hydrogen-bond acceptors (Lipinski definition) is 19. The van der Waals surface area contributed by atoms with Gasteiger partial charge in [0.1, 0.15) is 18.1 Å². The minimum absolute atomic E-state index is 0.112. The van der Waals surface area contributed by atoms with E-state index in [4.69, 9.17) is 30.4 Å². The lowest BCUT2D eigenvalue weighted by Gasteiger charge is -2.47. The number of cyclic esters (lactones) is 1. The Balaban J connectivity index is 1.94. The lowest BCUT2D eigenvalue weighted by Crippen LogP contribution is -2.64. The average Bonchev–Trinajstić information content (AvgIpc) is 3.31. The van der Waals surface area contributed by atoms with Gasteiger partial charge in [-0.05, 0) is 72.1 Å². The number of aliphatic hydroxyl groups is 10. The van der Waals surface area contributed by atoms with Gasteiger partial charge in [-0.1, -0.05) is 98.9 Å². The number of carboxylic acids is 1. The number of carbonyl (C=O) groups excluding carboxylic acids is 1. The molecule has 19 atom stereocenters. The van der Waals surface area contributed by atoms with E-state index >= 15 is 0 Å². The monoisotopic (exact) mass is 1040 g/mol. The van der Waals surface area contributed by atoms with Gasteiger partial charge in [0, 0.05) is 37.5 Å². The topological polar surface area (TPSA) is 349 Å². The molecule has 73 heavy (non-hydrogen) atoms. The van der Waals surface area contributed by atoms with Gasteiger partial charge in [-0.15, -0.1) is 0 Å². The molecule has 20 nitrogen and oxygen atoms in total. The number of esters is 1. The van der Waals surface area contributed by atoms with Gasteiger partial charge in [-0.25, -0.2) is 0 Å². The third kappa shape index (κ3) is 21.9. The fraction of sp³-hybridized carbons (Fsp3) is 0.698. The molecule has 2 saturated heterocycles. The van der Waals surface area contributed by atoms with Crippen molar-refractivity contribution >= 4 is 11.9 Å². The quantitative estimate of drug-likeness (QED) is 0.134. The zero-order valence-electron chi connectivity index (χ0n) is 42.8. The number of rotatable bonds is 10. The molecule has 3 aliphatic rings. The molecule has 2 bridgehead atoms. The van der Waals surface area contributed by atoms with Crippen LogP contribution >= 0.6 is 0 Å². The lowest BCUT2D eigenvalue weighted by atomic mass is 9.82. The van der Waals surface area contributed by atoms with E-state index in [1.54, 1.807) is 75.5 Å². The van der Waals surface area contributed by atoms with Crippen molar-refractivity contribution in [3.8, 4) is 0 Å². The molecule has 3 aliphatic heterocycles. The highest BCUT2D eigenvalue weighted by Gasteiger charge is 2.51. The molecule has 0 spiro atoms. The largest absolute Gasteiger partial charge is 0.481 e. The molecule has 0 aliphatic carbocycles. The molecule has 20 heteroatoms. The number of fused-ring (bicyclic) bond motifs is 2. The Kier molecular flexibility index (Phi) is 28.7. The Morgan fingerprint density at radius 1 is 0.671 bits per heavy atom. The van der Waals surface area contributed by atoms with Crippen LogP contribution in [-0.2, 0) is 28.5 Å². The first-order valence-electron chi connectivity index (χ1n) is 25.7. The van der Waals surface area contributed by atoms with E-state index in [2.05, 4.69) is 0 Å². The lowest BCUT2D eigenvalue weighted by molar-refractivity contribution is -0.312. The molecular weight excluding hydrogens is 951 g/mol. The fourth-order valence-electron chi connectivity index (χ4n) is 9.34. The van der Waals surface area contributed by atoms with E-state index < -0.39 is 147 Å². The highest BCUT2D eigenvalue weighted by Crippen LogP contribution is 2.38. The van der Waals surface area contributed by atoms with Gasteiger partial charge in [0.25, 0.3) is 0 Å². The highest BCUT2D eigenvalue weighted by molar-refractivity contribution is 5.71. The Labute approximate surface area is 430 Å². The first-order chi connectivity index (χ1) is 34.6. The molecule has 3 heterocycles. The molecule has 0 saturated carbocycles. The van der Waals surface area contributed by atoms with E-state index in [0.717, 1.165) is 0 Å². The molecule has 0 aromatic carbocycles. The van der Waals surface area contributed by atoms with Crippen molar-refractivity contribution in [2.24, 2.45) is 29.2 Å². The maximum Gasteiger partial charge on any atom is 0.311 e. The van der Waals surface area contributed by atoms with Crippen molar-refractivity contribution in [2.75, 3.05) is 26.2 Å². The second-order valence-corrected chi connectivity index (χ2v) is 19.8. The number of nitrogens with two attached hydrogens (primary N) is 2. The maximum absolute atomic E-state index is 12.7. The molecular formula is C53H87N3O17. The van der Waals surface area contributed by atoms with Gasteiger partial charge in [-0.3, -0.25) is 14.5 Å². The summed E-state index contributed by atoms with van der Waals surface area (Å²) in [6.07, 6.45) is 4.83. The molecule has 0 aromatic heterocycles. The molecule has 3 rings (SSSR count). The molecule has 15 N–H and O–H groups in total. The fourth-order valence-corrected chi connectivity index (χ4v) is 9.34. The summed E-state index contributed by atoms with van der Waals surface area (Å²) < 4.78 is 23.9. The van der Waals surface area contributed by atoms with E-state index in [0.29, 0.717) is 39.0 Å². The van der Waals surface area contributed by atoms with Gasteiger partial charge in [0.15, 0.2) is 12.1 Å². The van der Waals surface area contributed by atoms with E-state index in [1.807, 2.05) is 42.2 Å². The molecule has 2 fully saturated rings. The molecule has 11 unspecified atom stereocenters. The predicted octanol–water partition coefficient (Wildman–Crippen LogP) is 0.753. The number of aliphatic carboxylic acids is 1. The summed E-state index contributed by atoms with van der Waals surface area (Å²) in [6.45, 7) is 8.44. The number of carbonyl (C=O) groups is 2. The Morgan fingerprint density at radius 3 is 1.79 bits per heavy atom. The zero-order chi connectivity index (χ0) is 54.3. The molecule has 0 amide bonds. The summed E-state index contributed by atoms with van der Waals surface area (Å²) in [7, 11) is 0. The second-order valence-electron chi connectivity index (χ2n) is 19.8. The number of carboxylic acid groups (broad SMARTS) is 1. The zero-order valence-corrected chi connectivity index (χ0v) is 42.8. The third-order valence-electron chi connectivity index (χ3n) is 13.7. The summed E-state index contributed by atoms with van der Waals surface area (Å²) in [5.74, 6) is -6.87. The number of nitrogens with zero attached hydrogens (tertiary/aromatic N) is 1. The van der Waals surface area contributed by atoms with Crippen molar-refractivity contribution < 1.29 is 84.7 Å². The van der Waals surface area contributed by atoms with Crippen LogP contribution in [0.1, 0.15) is 91.9 Å². The third-order valence-corrected chi connectivity index (χ3v) is 13.7. The smallest absolute Gasteiger partial charge is 0.311 e. The van der Waals surface area contributed by atoms with Crippen LogP contribution in [0, 0.1) is 17.8 Å². The first-order valence-corrected chi connectivity index (χ1v) is 25.7. The van der Waals surface area contributed by atoms with Crippen LogP contribution in [0.25, 0.3) is 0 Å². The minimum Gasteiger partial charge on any atom is -0.481 e. The SMILES string of the molecule is C[C@@H]1OC(=O)CC(O)CC(O)CCC(O)C(O)CC(O)CC2(O)C[C@H](O)C(C(=O)O)C(CC(O[C@@H]3O[C@H](C)C(O)[C@H](N(CCCN)CCCN)[C@@H]3O)/C=C/C=C/C=C/C=C/C=C/C=C/C=C/[C@H](C)C(O)[C@H]1C)O2. The van der Waals surface area contributed by atoms with E-state index in [1.165, 1.54) is 0 Å². The number of allylic oxidation sites excluding steroid dienone is 12. The van der Waals surface area contributed by atoms with Crippen molar-refractivity contribution in [2.45, 2.75) is 189 Å². The molecule has 0 radical (unpaired) electrons. The Hall–Kier alpha value is -3.52. The van der Waals surface area contributed by atoms with Gasteiger partial charge in [0.05, 0.1) is 79.6 Å². The normalized spacial score (nSPS) is 41.9. The van der Waals surface area contributed by atoms with Gasteiger partial charge >= 0.3 is 11.9 Å². The Morgan fingerprint density at radius 2 is 1.23 bits per heavy atom. The van der Waals surface area contributed by atoms with Crippen LogP contribution in [0.3, 0.4) is 0 Å². The van der Waals surface area contributed by atoms with E-state index in [-0.39, 0.29) is 31.6 Å². The number of aliphatic hydroxyl groups excluding tert-OH is 9. The van der Waals surface area contributed by atoms with Gasteiger partial charge in [0.2, 0.25) is 0 Å². The number of ether oxygens (including phenoxy) is 4. The van der Waals surface area contributed by atoms with Crippen molar-refractivity contribution in [3.63, 3.8) is 0 Å². The average molecular weight is 1040 g/mol. The van der Waals surface area contributed by atoms with Crippen molar-refractivity contribution in [3.05, 3.63) is 85.1 Å². The maximum atomic E-state index is 12.7. The summed E-state index contributed by atoms with van der Waals surface area (Å²) >= 11 is 0. The summed E-state index contributed by atoms with van der Waals surface area (Å²) in [4.78, 5) is 27.3. The summed E-state index contributed by atoms with van der Waals surface area (Å²) in [5, 5.41) is 121. The molecule has 0 aromatic rings. The molecule has 416 valence electrons. The van der Waals surface area contributed by atoms with Crippen LogP contribution < -0.4 is 11.5 Å². The standard InChI is InChI=1S/C53H87N3O17/c1-33-19-15-13-11-9-7-5-6-8-10-12-14-16-20-40(72-52-50(66)47(49(65)36(4)71-52)56(25-17-23-54)26-18-24-55)30-44-46(51(67)68)43(62)32-53(69,73-44)31-39(59)28-42(61)41(60)22-21-37(57)27-38(58)29-45(63)70-35(3)34(2)48(33)64/h5-16,19-20,33-44,46-50,52,57-62,64-66,69H,17-18,21-32,54-55H2,1-4H3,(H,67,68)/b6-5+,9-7+,10-8+,13-11+,14-12+,19-15+,20-16+/t33-,34-,35-,36+,37?,38?,39?,40?,41?,42?,43-,44?,46?,47-,48?,49?,50-,52-,53?/m0/s1. The number of hydrogen-bond donors (Lipinski definition) is 13. The van der Waals surface area contributed by atoms with Crippen molar-refractivity contribution in [1.29, 1.82) is 0 Å². The van der Waals surface area contributed by atoms with Crippen LogP contribution in [0.4, 0.5) is 0 Å². The van der Waals surface area contributed by atoms with E-state index in [9.17, 15) is 65.8 Å². The van der Waals surface area contributed by atoms with Crippen molar-refractivity contribution in [1.82, 2.24) is 4.90 Å². The van der Waals surface area contributed by atoms with Crippen LogP contribution in [0.15, 0.2) is 85.1 Å². The van der Waals surface area contributed by atoms with Gasteiger partial charge < -0.3 is 86.6 Å². The summed E-state index contributed by atoms with van der Waals surface area (Å²) in [6, 6.07) is -0.868. The Bertz CT molecular complexity index is 1820. The van der Waals surface area contributed by atoms with Crippen LogP contribution in [0.5, 0.6) is 0 Å². The van der Waals surface area contributed by atoms with Gasteiger partial charge in [-0.2, -0.15) is 0 Å².